The molecule has 7 heteroatoms. The number of aliphatic hydroxyl groups excluding tert-OH is 1. The van der Waals surface area contributed by atoms with E-state index in [2.05, 4.69) is 20.7 Å². The van der Waals surface area contributed by atoms with Crippen LogP contribution in [-0.4, -0.2) is 39.9 Å². The van der Waals surface area contributed by atoms with E-state index in [0.29, 0.717) is 10.0 Å². The maximum atomic E-state index is 12.0. The first-order chi connectivity index (χ1) is 8.36. The highest BCUT2D eigenvalue weighted by Gasteiger charge is 2.18. The summed E-state index contributed by atoms with van der Waals surface area (Å²) in [5.74, 6) is 0. The van der Waals surface area contributed by atoms with E-state index < -0.39 is 16.1 Å². The SMILES string of the molecule is COCC(O)CNS(=O)(=O)c1cc(Br)ccc1C. The molecule has 0 aliphatic rings. The molecule has 0 aliphatic carbocycles. The van der Waals surface area contributed by atoms with Gasteiger partial charge in [-0.2, -0.15) is 0 Å². The minimum Gasteiger partial charge on any atom is -0.389 e. The molecule has 0 aromatic heterocycles. The Kier molecular flexibility index (Phi) is 5.74. The lowest BCUT2D eigenvalue weighted by Crippen LogP contribution is -2.34. The van der Waals surface area contributed by atoms with Crippen LogP contribution in [0.25, 0.3) is 0 Å². The van der Waals surface area contributed by atoms with Crippen molar-refractivity contribution < 1.29 is 18.3 Å². The number of sulfonamides is 1. The van der Waals surface area contributed by atoms with E-state index >= 15 is 0 Å². The van der Waals surface area contributed by atoms with E-state index in [0.717, 1.165) is 0 Å². The average molecular weight is 338 g/mol. The Hall–Kier alpha value is -0.470. The third kappa shape index (κ3) is 4.33. The van der Waals surface area contributed by atoms with Gasteiger partial charge in [-0.05, 0) is 24.6 Å². The highest BCUT2D eigenvalue weighted by molar-refractivity contribution is 9.10. The second kappa shape index (κ2) is 6.63. The fourth-order valence-electron chi connectivity index (χ4n) is 1.40. The van der Waals surface area contributed by atoms with Gasteiger partial charge in [0.25, 0.3) is 0 Å². The molecule has 0 heterocycles. The number of aliphatic hydroxyl groups is 1. The van der Waals surface area contributed by atoms with Crippen molar-refractivity contribution in [2.75, 3.05) is 20.3 Å². The molecule has 18 heavy (non-hydrogen) atoms. The summed E-state index contributed by atoms with van der Waals surface area (Å²) < 4.78 is 31.8. The zero-order valence-corrected chi connectivity index (χ0v) is 12.6. The number of halogens is 1. The van der Waals surface area contributed by atoms with Crippen molar-refractivity contribution in [2.45, 2.75) is 17.9 Å². The molecule has 0 saturated heterocycles. The molecule has 0 spiro atoms. The molecule has 1 atom stereocenters. The Morgan fingerprint density at radius 1 is 1.50 bits per heavy atom. The van der Waals surface area contributed by atoms with Gasteiger partial charge in [0.15, 0.2) is 0 Å². The molecular weight excluding hydrogens is 322 g/mol. The van der Waals surface area contributed by atoms with Crippen LogP contribution in [0.3, 0.4) is 0 Å². The molecule has 1 unspecified atom stereocenters. The first kappa shape index (κ1) is 15.6. The molecule has 102 valence electrons. The zero-order chi connectivity index (χ0) is 13.8. The van der Waals surface area contributed by atoms with Crippen molar-refractivity contribution in [3.8, 4) is 0 Å². The van der Waals surface area contributed by atoms with E-state index in [1.807, 2.05) is 0 Å². The third-order valence-corrected chi connectivity index (χ3v) is 4.37. The summed E-state index contributed by atoms with van der Waals surface area (Å²) in [4.78, 5) is 0.196. The van der Waals surface area contributed by atoms with Gasteiger partial charge in [-0.25, -0.2) is 13.1 Å². The van der Waals surface area contributed by atoms with Gasteiger partial charge in [0, 0.05) is 18.1 Å². The quantitative estimate of drug-likeness (QED) is 0.813. The molecule has 0 aliphatic heterocycles. The predicted octanol–water partition coefficient (Wildman–Crippen LogP) is 1.04. The standard InChI is InChI=1S/C11H16BrNO4S/c1-8-3-4-9(12)5-11(8)18(15,16)13-6-10(14)7-17-2/h3-5,10,13-14H,6-7H2,1-2H3. The number of methoxy groups -OCH3 is 1. The van der Waals surface area contributed by atoms with Crippen LogP contribution in [-0.2, 0) is 14.8 Å². The predicted molar refractivity (Wildman–Crippen MR) is 72.0 cm³/mol. The van der Waals surface area contributed by atoms with Crippen molar-refractivity contribution in [1.29, 1.82) is 0 Å². The lowest BCUT2D eigenvalue weighted by molar-refractivity contribution is 0.0679. The highest BCUT2D eigenvalue weighted by atomic mass is 79.9. The maximum Gasteiger partial charge on any atom is 0.240 e. The molecule has 5 nitrogen and oxygen atoms in total. The largest absolute Gasteiger partial charge is 0.389 e. The van der Waals surface area contributed by atoms with E-state index in [1.54, 1.807) is 19.1 Å². The van der Waals surface area contributed by atoms with Crippen LogP contribution in [0, 0.1) is 6.92 Å². The average Bonchev–Trinajstić information content (AvgIpc) is 2.30. The Labute approximate surface area is 115 Å². The molecular formula is C11H16BrNO4S. The molecule has 0 amide bonds. The van der Waals surface area contributed by atoms with Gasteiger partial charge in [-0.1, -0.05) is 22.0 Å². The number of nitrogens with one attached hydrogen (secondary N) is 1. The van der Waals surface area contributed by atoms with Gasteiger partial charge in [-0.3, -0.25) is 0 Å². The molecule has 1 aromatic rings. The van der Waals surface area contributed by atoms with Crippen LogP contribution in [0.4, 0.5) is 0 Å². The van der Waals surface area contributed by atoms with Crippen LogP contribution in [0.2, 0.25) is 0 Å². The molecule has 1 rings (SSSR count). The van der Waals surface area contributed by atoms with Crippen LogP contribution in [0.15, 0.2) is 27.6 Å². The Bertz CT molecular complexity index is 504. The van der Waals surface area contributed by atoms with E-state index in [4.69, 9.17) is 4.74 Å². The summed E-state index contributed by atoms with van der Waals surface area (Å²) in [7, 11) is -2.18. The summed E-state index contributed by atoms with van der Waals surface area (Å²) >= 11 is 3.23. The third-order valence-electron chi connectivity index (χ3n) is 2.31. The van der Waals surface area contributed by atoms with Gasteiger partial charge < -0.3 is 9.84 Å². The number of aryl methyl sites for hydroxylation is 1. The summed E-state index contributed by atoms with van der Waals surface area (Å²) in [5.41, 5.74) is 0.645. The highest BCUT2D eigenvalue weighted by Crippen LogP contribution is 2.20. The van der Waals surface area contributed by atoms with Crippen molar-refractivity contribution >= 4 is 26.0 Å². The number of rotatable bonds is 6. The normalized spacial score (nSPS) is 13.6. The van der Waals surface area contributed by atoms with Gasteiger partial charge in [0.2, 0.25) is 10.0 Å². The lowest BCUT2D eigenvalue weighted by atomic mass is 10.2. The smallest absolute Gasteiger partial charge is 0.240 e. The first-order valence-corrected chi connectivity index (χ1v) is 7.57. The number of hydrogen-bond donors (Lipinski definition) is 2. The van der Waals surface area contributed by atoms with Crippen molar-refractivity contribution in [3.63, 3.8) is 0 Å². The fourth-order valence-corrected chi connectivity index (χ4v) is 3.25. The monoisotopic (exact) mass is 337 g/mol. The van der Waals surface area contributed by atoms with Crippen LogP contribution < -0.4 is 4.72 Å². The molecule has 0 bridgehead atoms. The van der Waals surface area contributed by atoms with Gasteiger partial charge in [0.05, 0.1) is 17.6 Å². The summed E-state index contributed by atoms with van der Waals surface area (Å²) in [5, 5.41) is 9.42. The van der Waals surface area contributed by atoms with Gasteiger partial charge >= 0.3 is 0 Å². The summed E-state index contributed by atoms with van der Waals surface area (Å²) in [6.45, 7) is 1.72. The first-order valence-electron chi connectivity index (χ1n) is 5.29. The lowest BCUT2D eigenvalue weighted by Gasteiger charge is -2.13. The van der Waals surface area contributed by atoms with Gasteiger partial charge in [0.1, 0.15) is 0 Å². The number of ether oxygens (including phenoxy) is 1. The van der Waals surface area contributed by atoms with E-state index in [9.17, 15) is 13.5 Å². The second-order valence-electron chi connectivity index (χ2n) is 3.87. The summed E-state index contributed by atoms with van der Waals surface area (Å²) in [6, 6.07) is 5.01. The van der Waals surface area contributed by atoms with Crippen LogP contribution in [0.1, 0.15) is 5.56 Å². The van der Waals surface area contributed by atoms with E-state index in [1.165, 1.54) is 13.2 Å². The number of hydrogen-bond acceptors (Lipinski definition) is 4. The minimum absolute atomic E-state index is 0.0812. The topological polar surface area (TPSA) is 75.6 Å². The van der Waals surface area contributed by atoms with Crippen LogP contribution >= 0.6 is 15.9 Å². The minimum atomic E-state index is -3.62. The molecule has 0 radical (unpaired) electrons. The zero-order valence-electron chi connectivity index (χ0n) is 10.2. The van der Waals surface area contributed by atoms with Crippen molar-refractivity contribution in [1.82, 2.24) is 4.72 Å². The molecule has 0 saturated carbocycles. The van der Waals surface area contributed by atoms with Gasteiger partial charge in [-0.15, -0.1) is 0 Å². The molecule has 0 fully saturated rings. The van der Waals surface area contributed by atoms with E-state index in [-0.39, 0.29) is 18.0 Å². The Morgan fingerprint density at radius 2 is 2.17 bits per heavy atom. The Balaban J connectivity index is 2.83. The maximum absolute atomic E-state index is 12.0. The van der Waals surface area contributed by atoms with Crippen LogP contribution in [0.5, 0.6) is 0 Å². The molecule has 2 N–H and O–H groups in total. The molecule has 1 aromatic carbocycles. The Morgan fingerprint density at radius 3 is 2.78 bits per heavy atom. The van der Waals surface area contributed by atoms with Crippen molar-refractivity contribution in [2.24, 2.45) is 0 Å². The second-order valence-corrected chi connectivity index (χ2v) is 6.52. The summed E-state index contributed by atoms with van der Waals surface area (Å²) in [6.07, 6.45) is -0.864. The fraction of sp³-hybridized carbons (Fsp3) is 0.455. The number of benzene rings is 1. The van der Waals surface area contributed by atoms with Crippen molar-refractivity contribution in [3.05, 3.63) is 28.2 Å².